The summed E-state index contributed by atoms with van der Waals surface area (Å²) in [4.78, 5) is 17.1. The second-order valence-electron chi connectivity index (χ2n) is 7.11. The molecule has 4 rings (SSSR count). The summed E-state index contributed by atoms with van der Waals surface area (Å²) in [6.07, 6.45) is 2.37. The van der Waals surface area contributed by atoms with E-state index in [-0.39, 0.29) is 11.8 Å². The zero-order chi connectivity index (χ0) is 20.1. The predicted octanol–water partition coefficient (Wildman–Crippen LogP) is 3.83. The Labute approximate surface area is 168 Å². The van der Waals surface area contributed by atoms with Crippen molar-refractivity contribution in [3.8, 4) is 11.4 Å². The molecule has 0 spiro atoms. The van der Waals surface area contributed by atoms with Crippen molar-refractivity contribution in [1.82, 2.24) is 15.0 Å². The van der Waals surface area contributed by atoms with Gasteiger partial charge in [-0.15, -0.1) is 0 Å². The predicted molar refractivity (Wildman–Crippen MR) is 106 cm³/mol. The molecule has 1 aliphatic heterocycles. The largest absolute Gasteiger partial charge is 0.377 e. The maximum Gasteiger partial charge on any atom is 0.269 e. The lowest BCUT2D eigenvalue weighted by atomic mass is 10.2. The fraction of sp³-hybridized carbons (Fsp3) is 0.333. The zero-order valence-corrected chi connectivity index (χ0v) is 15.9. The standard InChI is InChI=1S/C21H22N4O4/c26-25(27)18-10-8-17(9-11-18)21-22-20(29-23-21)15-24(14-19-7-4-12-28-19)13-16-5-2-1-3-6-16/h1-3,5-6,8-11,19H,4,7,12-15H2. The molecule has 8 heteroatoms. The summed E-state index contributed by atoms with van der Waals surface area (Å²) in [5.74, 6) is 0.930. The van der Waals surface area contributed by atoms with Gasteiger partial charge in [0.15, 0.2) is 0 Å². The van der Waals surface area contributed by atoms with Crippen LogP contribution in [0.3, 0.4) is 0 Å². The first-order chi connectivity index (χ1) is 14.2. The van der Waals surface area contributed by atoms with Gasteiger partial charge in [0.05, 0.1) is 17.6 Å². The van der Waals surface area contributed by atoms with Gasteiger partial charge in [0.25, 0.3) is 5.69 Å². The molecule has 1 aliphatic rings. The van der Waals surface area contributed by atoms with E-state index in [1.165, 1.54) is 17.7 Å². The Hall–Kier alpha value is -3.10. The van der Waals surface area contributed by atoms with Crippen molar-refractivity contribution < 1.29 is 14.2 Å². The quantitative estimate of drug-likeness (QED) is 0.423. The highest BCUT2D eigenvalue weighted by Crippen LogP contribution is 2.21. The van der Waals surface area contributed by atoms with Gasteiger partial charge in [-0.2, -0.15) is 4.98 Å². The molecule has 1 unspecified atom stereocenters. The van der Waals surface area contributed by atoms with Crippen LogP contribution in [0.25, 0.3) is 11.4 Å². The van der Waals surface area contributed by atoms with Gasteiger partial charge in [-0.25, -0.2) is 0 Å². The van der Waals surface area contributed by atoms with E-state index in [0.717, 1.165) is 32.5 Å². The molecule has 1 atom stereocenters. The van der Waals surface area contributed by atoms with Crippen LogP contribution in [-0.2, 0) is 17.8 Å². The number of hydrogen-bond acceptors (Lipinski definition) is 7. The van der Waals surface area contributed by atoms with E-state index in [1.54, 1.807) is 12.1 Å². The van der Waals surface area contributed by atoms with Crippen LogP contribution in [0.1, 0.15) is 24.3 Å². The van der Waals surface area contributed by atoms with Crippen molar-refractivity contribution in [2.24, 2.45) is 0 Å². The molecule has 8 nitrogen and oxygen atoms in total. The monoisotopic (exact) mass is 394 g/mol. The highest BCUT2D eigenvalue weighted by atomic mass is 16.6. The molecule has 1 aromatic heterocycles. The highest BCUT2D eigenvalue weighted by Gasteiger charge is 2.21. The van der Waals surface area contributed by atoms with Crippen LogP contribution < -0.4 is 0 Å². The first-order valence-electron chi connectivity index (χ1n) is 9.62. The Balaban J connectivity index is 1.47. The topological polar surface area (TPSA) is 94.5 Å². The molecule has 29 heavy (non-hydrogen) atoms. The van der Waals surface area contributed by atoms with Crippen LogP contribution in [0.15, 0.2) is 59.1 Å². The van der Waals surface area contributed by atoms with Gasteiger partial charge in [0.2, 0.25) is 11.7 Å². The zero-order valence-electron chi connectivity index (χ0n) is 15.9. The lowest BCUT2D eigenvalue weighted by molar-refractivity contribution is -0.384. The third-order valence-corrected chi connectivity index (χ3v) is 4.90. The second-order valence-corrected chi connectivity index (χ2v) is 7.11. The van der Waals surface area contributed by atoms with Crippen molar-refractivity contribution in [1.29, 1.82) is 0 Å². The van der Waals surface area contributed by atoms with Crippen molar-refractivity contribution in [3.05, 3.63) is 76.2 Å². The fourth-order valence-electron chi connectivity index (χ4n) is 3.46. The average molecular weight is 394 g/mol. The maximum atomic E-state index is 10.8. The van der Waals surface area contributed by atoms with Gasteiger partial charge in [-0.3, -0.25) is 15.0 Å². The first-order valence-corrected chi connectivity index (χ1v) is 9.62. The molecule has 0 amide bonds. The molecular weight excluding hydrogens is 372 g/mol. The molecule has 0 radical (unpaired) electrons. The van der Waals surface area contributed by atoms with Crippen molar-refractivity contribution >= 4 is 5.69 Å². The van der Waals surface area contributed by atoms with Gasteiger partial charge in [0, 0.05) is 37.4 Å². The summed E-state index contributed by atoms with van der Waals surface area (Å²) in [7, 11) is 0. The first kappa shape index (κ1) is 19.2. The van der Waals surface area contributed by atoms with Crippen LogP contribution in [-0.4, -0.2) is 39.2 Å². The summed E-state index contributed by atoms with van der Waals surface area (Å²) < 4.78 is 11.3. The van der Waals surface area contributed by atoms with E-state index < -0.39 is 4.92 Å². The fourth-order valence-corrected chi connectivity index (χ4v) is 3.46. The molecule has 1 saturated heterocycles. The minimum Gasteiger partial charge on any atom is -0.377 e. The number of hydrogen-bond donors (Lipinski definition) is 0. The van der Waals surface area contributed by atoms with Gasteiger partial charge < -0.3 is 9.26 Å². The van der Waals surface area contributed by atoms with E-state index in [1.807, 2.05) is 18.2 Å². The smallest absolute Gasteiger partial charge is 0.269 e. The number of nitro benzene ring substituents is 1. The van der Waals surface area contributed by atoms with Gasteiger partial charge >= 0.3 is 0 Å². The minimum absolute atomic E-state index is 0.0306. The maximum absolute atomic E-state index is 10.8. The van der Waals surface area contributed by atoms with Gasteiger partial charge in [-0.05, 0) is 30.5 Å². The lowest BCUT2D eigenvalue weighted by Gasteiger charge is -2.23. The number of aromatic nitrogens is 2. The molecule has 0 N–H and O–H groups in total. The average Bonchev–Trinajstić information content (AvgIpc) is 3.41. The van der Waals surface area contributed by atoms with Crippen LogP contribution in [0.2, 0.25) is 0 Å². The third kappa shape index (κ3) is 5.04. The van der Waals surface area contributed by atoms with Gasteiger partial charge in [-0.1, -0.05) is 35.5 Å². The molecule has 0 aliphatic carbocycles. The van der Waals surface area contributed by atoms with E-state index in [0.29, 0.717) is 23.8 Å². The van der Waals surface area contributed by atoms with Crippen molar-refractivity contribution in [2.45, 2.75) is 32.0 Å². The number of ether oxygens (including phenoxy) is 1. The van der Waals surface area contributed by atoms with Crippen molar-refractivity contribution in [3.63, 3.8) is 0 Å². The Morgan fingerprint density at radius 1 is 1.10 bits per heavy atom. The number of non-ortho nitro benzene ring substituents is 1. The van der Waals surface area contributed by atoms with E-state index in [2.05, 4.69) is 27.2 Å². The minimum atomic E-state index is -0.433. The Morgan fingerprint density at radius 3 is 2.59 bits per heavy atom. The van der Waals surface area contributed by atoms with E-state index in [9.17, 15) is 10.1 Å². The molecule has 3 aromatic rings. The molecule has 1 fully saturated rings. The summed E-state index contributed by atoms with van der Waals surface area (Å²) in [5, 5.41) is 14.8. The lowest BCUT2D eigenvalue weighted by Crippen LogP contribution is -2.31. The van der Waals surface area contributed by atoms with Crippen LogP contribution >= 0.6 is 0 Å². The number of nitro groups is 1. The third-order valence-electron chi connectivity index (χ3n) is 4.90. The number of rotatable bonds is 8. The van der Waals surface area contributed by atoms with E-state index >= 15 is 0 Å². The molecular formula is C21H22N4O4. The van der Waals surface area contributed by atoms with Crippen LogP contribution in [0.5, 0.6) is 0 Å². The summed E-state index contributed by atoms with van der Waals surface area (Å²) in [6, 6.07) is 16.4. The number of nitrogens with zero attached hydrogens (tertiary/aromatic N) is 4. The van der Waals surface area contributed by atoms with Crippen molar-refractivity contribution in [2.75, 3.05) is 13.2 Å². The molecule has 2 aromatic carbocycles. The Morgan fingerprint density at radius 2 is 1.90 bits per heavy atom. The Bertz CT molecular complexity index is 937. The SMILES string of the molecule is O=[N+]([O-])c1ccc(-c2noc(CN(Cc3ccccc3)CC3CCCO3)n2)cc1. The summed E-state index contributed by atoms with van der Waals surface area (Å²) in [5.41, 5.74) is 1.92. The number of benzene rings is 2. The molecule has 2 heterocycles. The van der Waals surface area contributed by atoms with E-state index in [4.69, 9.17) is 9.26 Å². The van der Waals surface area contributed by atoms with Gasteiger partial charge in [0.1, 0.15) is 0 Å². The molecule has 150 valence electrons. The second kappa shape index (κ2) is 8.93. The summed E-state index contributed by atoms with van der Waals surface area (Å²) in [6.45, 7) is 2.88. The molecule has 0 bridgehead atoms. The Kier molecular flexibility index (Phi) is 5.92. The normalized spacial score (nSPS) is 16.4. The molecule has 0 saturated carbocycles. The highest BCUT2D eigenvalue weighted by molar-refractivity contribution is 5.56. The van der Waals surface area contributed by atoms with Crippen LogP contribution in [0.4, 0.5) is 5.69 Å². The van der Waals surface area contributed by atoms with Crippen LogP contribution in [0, 0.1) is 10.1 Å². The summed E-state index contributed by atoms with van der Waals surface area (Å²) >= 11 is 0.